The molecule has 0 bridgehead atoms. The largest absolute Gasteiger partial charge is 0.497 e. The lowest BCUT2D eigenvalue weighted by Crippen LogP contribution is -2.56. The van der Waals surface area contributed by atoms with Gasteiger partial charge in [-0.1, -0.05) is 6.92 Å². The third-order valence-electron chi connectivity index (χ3n) is 5.05. The summed E-state index contributed by atoms with van der Waals surface area (Å²) in [5.74, 6) is -0.232. The first-order valence-corrected chi connectivity index (χ1v) is 8.69. The molecule has 0 radical (unpaired) electrons. The van der Waals surface area contributed by atoms with Crippen molar-refractivity contribution in [2.75, 3.05) is 7.11 Å². The molecule has 7 heteroatoms. The number of aliphatic carboxylic acids is 1. The summed E-state index contributed by atoms with van der Waals surface area (Å²) in [6, 6.07) is 8.85. The van der Waals surface area contributed by atoms with Crippen LogP contribution in [0.25, 0.3) is 5.69 Å². The Balaban J connectivity index is 1.75. The van der Waals surface area contributed by atoms with Crippen LogP contribution in [0.5, 0.6) is 5.75 Å². The van der Waals surface area contributed by atoms with Crippen molar-refractivity contribution in [3.63, 3.8) is 0 Å². The number of hydrogen-bond donors (Lipinski definition) is 2. The van der Waals surface area contributed by atoms with Crippen LogP contribution in [0.4, 0.5) is 0 Å². The first-order valence-electron chi connectivity index (χ1n) is 8.69. The van der Waals surface area contributed by atoms with E-state index in [9.17, 15) is 14.7 Å². The summed E-state index contributed by atoms with van der Waals surface area (Å²) >= 11 is 0. The molecule has 0 unspecified atom stereocenters. The molecule has 26 heavy (non-hydrogen) atoms. The molecule has 1 aliphatic rings. The van der Waals surface area contributed by atoms with Gasteiger partial charge in [0, 0.05) is 6.20 Å². The number of amides is 1. The minimum Gasteiger partial charge on any atom is -0.497 e. The summed E-state index contributed by atoms with van der Waals surface area (Å²) < 4.78 is 6.70. The van der Waals surface area contributed by atoms with Gasteiger partial charge in [0.25, 0.3) is 5.91 Å². The summed E-state index contributed by atoms with van der Waals surface area (Å²) in [4.78, 5) is 24.4. The van der Waals surface area contributed by atoms with E-state index in [0.717, 1.165) is 24.3 Å². The highest BCUT2D eigenvalue weighted by atomic mass is 16.5. The second-order valence-corrected chi connectivity index (χ2v) is 6.87. The fourth-order valence-electron chi connectivity index (χ4n) is 3.25. The summed E-state index contributed by atoms with van der Waals surface area (Å²) in [6.07, 6.45) is 4.12. The third-order valence-corrected chi connectivity index (χ3v) is 5.05. The van der Waals surface area contributed by atoms with E-state index in [1.54, 1.807) is 36.2 Å². The molecular weight excluding hydrogens is 334 g/mol. The van der Waals surface area contributed by atoms with Crippen LogP contribution in [0.3, 0.4) is 0 Å². The molecule has 0 spiro atoms. The minimum atomic E-state index is -1.20. The maximum Gasteiger partial charge on any atom is 0.329 e. The first kappa shape index (κ1) is 18.0. The number of benzene rings is 1. The Bertz CT molecular complexity index is 789. The quantitative estimate of drug-likeness (QED) is 0.858. The molecule has 0 saturated heterocycles. The average Bonchev–Trinajstić information content (AvgIpc) is 3.14. The van der Waals surface area contributed by atoms with Crippen LogP contribution in [-0.2, 0) is 4.79 Å². The van der Waals surface area contributed by atoms with Gasteiger partial charge in [0.05, 0.1) is 12.8 Å². The number of ether oxygens (including phenoxy) is 1. The Morgan fingerprint density at radius 2 is 1.88 bits per heavy atom. The molecule has 2 N–H and O–H groups in total. The summed E-state index contributed by atoms with van der Waals surface area (Å²) in [5.41, 5.74) is -0.225. The highest BCUT2D eigenvalue weighted by Crippen LogP contribution is 2.32. The Labute approximate surface area is 152 Å². The highest BCUT2D eigenvalue weighted by molar-refractivity contribution is 5.96. The number of nitrogens with zero attached hydrogens (tertiary/aromatic N) is 2. The van der Waals surface area contributed by atoms with Gasteiger partial charge >= 0.3 is 5.97 Å². The van der Waals surface area contributed by atoms with Crippen molar-refractivity contribution < 1.29 is 19.4 Å². The van der Waals surface area contributed by atoms with Gasteiger partial charge < -0.3 is 15.2 Å². The van der Waals surface area contributed by atoms with Gasteiger partial charge in [-0.2, -0.15) is 5.10 Å². The van der Waals surface area contributed by atoms with Crippen LogP contribution in [-0.4, -0.2) is 39.4 Å². The Kier molecular flexibility index (Phi) is 4.97. The molecule has 1 aromatic heterocycles. The molecule has 1 aromatic carbocycles. The zero-order valence-electron chi connectivity index (χ0n) is 14.9. The minimum absolute atomic E-state index is 0.195. The predicted molar refractivity (Wildman–Crippen MR) is 95.6 cm³/mol. The molecule has 0 aliphatic heterocycles. The lowest BCUT2D eigenvalue weighted by Gasteiger charge is -2.36. The number of nitrogens with one attached hydrogen (secondary N) is 1. The second kappa shape index (κ2) is 7.19. The zero-order valence-corrected chi connectivity index (χ0v) is 14.9. The molecule has 3 rings (SSSR count). The van der Waals surface area contributed by atoms with E-state index in [2.05, 4.69) is 17.3 Å². The molecule has 1 amide bonds. The number of methoxy groups -OCH3 is 1. The van der Waals surface area contributed by atoms with Gasteiger partial charge in [-0.15, -0.1) is 0 Å². The van der Waals surface area contributed by atoms with Crippen LogP contribution in [0.2, 0.25) is 0 Å². The highest BCUT2D eigenvalue weighted by Gasteiger charge is 2.42. The number of carbonyl (C=O) groups excluding carboxylic acids is 1. The summed E-state index contributed by atoms with van der Waals surface area (Å²) in [5, 5.41) is 16.6. The Morgan fingerprint density at radius 1 is 1.23 bits per heavy atom. The Hall–Kier alpha value is -2.83. The van der Waals surface area contributed by atoms with E-state index >= 15 is 0 Å². The third kappa shape index (κ3) is 3.56. The number of rotatable bonds is 5. The van der Waals surface area contributed by atoms with Gasteiger partial charge in [-0.05, 0) is 61.9 Å². The van der Waals surface area contributed by atoms with E-state index in [1.165, 1.54) is 0 Å². The monoisotopic (exact) mass is 357 g/mol. The van der Waals surface area contributed by atoms with Gasteiger partial charge in [0.1, 0.15) is 11.3 Å². The second-order valence-electron chi connectivity index (χ2n) is 6.87. The molecule has 0 atom stereocenters. The van der Waals surface area contributed by atoms with Gasteiger partial charge in [-0.3, -0.25) is 4.79 Å². The normalized spacial score (nSPS) is 22.6. The van der Waals surface area contributed by atoms with Crippen molar-refractivity contribution in [1.82, 2.24) is 15.1 Å². The van der Waals surface area contributed by atoms with E-state index in [1.807, 2.05) is 12.1 Å². The van der Waals surface area contributed by atoms with Crippen molar-refractivity contribution >= 4 is 11.9 Å². The molecule has 1 aliphatic carbocycles. The zero-order chi connectivity index (χ0) is 18.7. The molecule has 1 fully saturated rings. The van der Waals surface area contributed by atoms with Crippen molar-refractivity contribution in [3.05, 3.63) is 42.2 Å². The summed E-state index contributed by atoms with van der Waals surface area (Å²) in [6.45, 7) is 2.10. The van der Waals surface area contributed by atoms with Crippen LogP contribution >= 0.6 is 0 Å². The molecular formula is C19H23N3O4. The number of carboxylic acid groups (broad SMARTS) is 1. The van der Waals surface area contributed by atoms with Crippen molar-refractivity contribution in [2.24, 2.45) is 5.92 Å². The van der Waals surface area contributed by atoms with Crippen LogP contribution in [0, 0.1) is 5.92 Å². The lowest BCUT2D eigenvalue weighted by atomic mass is 9.77. The SMILES string of the molecule is COc1ccc(-n2ccc(C(=O)NC3(C(=O)O)CCC(C)CC3)n2)cc1. The van der Waals surface area contributed by atoms with E-state index in [-0.39, 0.29) is 5.69 Å². The number of aromatic nitrogens is 2. The molecule has 1 heterocycles. The standard InChI is InChI=1S/C19H23N3O4/c1-13-7-10-19(11-8-13,18(24)25)20-17(23)16-9-12-22(21-16)14-3-5-15(26-2)6-4-14/h3-6,9,12-13H,7-8,10-11H2,1-2H3,(H,20,23)(H,24,25). The number of carbonyl (C=O) groups is 2. The van der Waals surface area contributed by atoms with Crippen LogP contribution in [0.1, 0.15) is 43.1 Å². The Morgan fingerprint density at radius 3 is 2.46 bits per heavy atom. The van der Waals surface area contributed by atoms with Gasteiger partial charge in [0.2, 0.25) is 0 Å². The smallest absolute Gasteiger partial charge is 0.329 e. The van der Waals surface area contributed by atoms with E-state index in [0.29, 0.717) is 18.8 Å². The van der Waals surface area contributed by atoms with Crippen molar-refractivity contribution in [1.29, 1.82) is 0 Å². The topological polar surface area (TPSA) is 93.5 Å². The van der Waals surface area contributed by atoms with Crippen LogP contribution < -0.4 is 10.1 Å². The van der Waals surface area contributed by atoms with Gasteiger partial charge in [-0.25, -0.2) is 9.48 Å². The average molecular weight is 357 g/mol. The predicted octanol–water partition coefficient (Wildman–Crippen LogP) is 2.64. The molecule has 138 valence electrons. The van der Waals surface area contributed by atoms with E-state index in [4.69, 9.17) is 4.74 Å². The van der Waals surface area contributed by atoms with Gasteiger partial charge in [0.15, 0.2) is 5.69 Å². The lowest BCUT2D eigenvalue weighted by molar-refractivity contribution is -0.146. The van der Waals surface area contributed by atoms with E-state index < -0.39 is 17.4 Å². The molecule has 2 aromatic rings. The maximum absolute atomic E-state index is 12.6. The number of carboxylic acids is 1. The maximum atomic E-state index is 12.6. The molecule has 1 saturated carbocycles. The fourth-order valence-corrected chi connectivity index (χ4v) is 3.25. The first-order chi connectivity index (χ1) is 12.4. The number of hydrogen-bond acceptors (Lipinski definition) is 4. The van der Waals surface area contributed by atoms with Crippen LogP contribution in [0.15, 0.2) is 36.5 Å². The van der Waals surface area contributed by atoms with Crippen molar-refractivity contribution in [3.8, 4) is 11.4 Å². The molecule has 7 nitrogen and oxygen atoms in total. The fraction of sp³-hybridized carbons (Fsp3) is 0.421. The van der Waals surface area contributed by atoms with Crippen molar-refractivity contribution in [2.45, 2.75) is 38.1 Å². The summed E-state index contributed by atoms with van der Waals surface area (Å²) in [7, 11) is 1.59.